The highest BCUT2D eigenvalue weighted by Gasteiger charge is 2.10. The summed E-state index contributed by atoms with van der Waals surface area (Å²) in [6.45, 7) is 0. The number of hydrogen-bond donors (Lipinski definition) is 2. The van der Waals surface area contributed by atoms with Crippen LogP contribution in [0.4, 0.5) is 10.2 Å². The Kier molecular flexibility index (Phi) is 3.91. The molecular formula is C16H13FN4O. The molecule has 0 fully saturated rings. The van der Waals surface area contributed by atoms with Gasteiger partial charge >= 0.3 is 0 Å². The average Bonchev–Trinajstić information content (AvgIpc) is 2.99. The van der Waals surface area contributed by atoms with Crippen LogP contribution in [0.15, 0.2) is 54.9 Å². The van der Waals surface area contributed by atoms with Crippen LogP contribution in [0.5, 0.6) is 0 Å². The monoisotopic (exact) mass is 296 g/mol. The first-order valence-corrected chi connectivity index (χ1v) is 6.72. The number of hydrogen-bond acceptors (Lipinski definition) is 3. The number of pyridine rings is 1. The van der Waals surface area contributed by atoms with E-state index in [0.717, 1.165) is 0 Å². The molecule has 6 heteroatoms. The number of rotatable bonds is 4. The predicted molar refractivity (Wildman–Crippen MR) is 80.6 cm³/mol. The molecular weight excluding hydrogens is 283 g/mol. The van der Waals surface area contributed by atoms with Crippen LogP contribution in [0.3, 0.4) is 0 Å². The lowest BCUT2D eigenvalue weighted by molar-refractivity contribution is -0.115. The maximum absolute atomic E-state index is 13.5. The van der Waals surface area contributed by atoms with Gasteiger partial charge in [-0.3, -0.25) is 9.78 Å². The maximum atomic E-state index is 13.5. The number of nitrogens with one attached hydrogen (secondary N) is 2. The number of anilines is 1. The molecule has 1 aromatic carbocycles. The summed E-state index contributed by atoms with van der Waals surface area (Å²) < 4.78 is 13.5. The van der Waals surface area contributed by atoms with Crippen molar-refractivity contribution in [2.75, 3.05) is 5.32 Å². The van der Waals surface area contributed by atoms with E-state index in [-0.39, 0.29) is 12.3 Å². The Bertz CT molecular complexity index is 786. The van der Waals surface area contributed by atoms with Crippen LogP contribution in [-0.2, 0) is 11.2 Å². The number of nitrogens with zero attached hydrogens (tertiary/aromatic N) is 2. The molecule has 22 heavy (non-hydrogen) atoms. The largest absolute Gasteiger partial charge is 0.323 e. The van der Waals surface area contributed by atoms with E-state index in [1.54, 1.807) is 24.4 Å². The van der Waals surface area contributed by atoms with E-state index < -0.39 is 5.82 Å². The minimum absolute atomic E-state index is 0.0371. The van der Waals surface area contributed by atoms with E-state index in [4.69, 9.17) is 0 Å². The Morgan fingerprint density at radius 2 is 1.95 bits per heavy atom. The topological polar surface area (TPSA) is 70.7 Å². The van der Waals surface area contributed by atoms with E-state index in [9.17, 15) is 9.18 Å². The van der Waals surface area contributed by atoms with Crippen molar-refractivity contribution < 1.29 is 9.18 Å². The number of aromatic amines is 1. The third-order valence-corrected chi connectivity index (χ3v) is 3.07. The number of halogens is 1. The second kappa shape index (κ2) is 6.17. The van der Waals surface area contributed by atoms with Crippen LogP contribution >= 0.6 is 0 Å². The molecule has 0 aliphatic heterocycles. The summed E-state index contributed by atoms with van der Waals surface area (Å²) in [5, 5.41) is 2.66. The number of aromatic nitrogens is 3. The normalized spacial score (nSPS) is 10.4. The number of carbonyl (C=O) groups excluding carboxylic acids is 1. The highest BCUT2D eigenvalue weighted by Crippen LogP contribution is 2.15. The Morgan fingerprint density at radius 1 is 1.14 bits per heavy atom. The molecule has 110 valence electrons. The lowest BCUT2D eigenvalue weighted by Crippen LogP contribution is -2.15. The zero-order valence-electron chi connectivity index (χ0n) is 11.6. The van der Waals surface area contributed by atoms with E-state index in [0.29, 0.717) is 22.9 Å². The van der Waals surface area contributed by atoms with E-state index in [2.05, 4.69) is 20.3 Å². The van der Waals surface area contributed by atoms with Crippen molar-refractivity contribution >= 4 is 11.7 Å². The molecule has 0 bridgehead atoms. The standard InChI is InChI=1S/C16H13FN4O/c17-12-6-2-1-5-11(12)9-15(22)20-14-10-19-16(21-14)13-7-3-4-8-18-13/h1-8,10H,9H2,(H,19,21)(H,20,22). The van der Waals surface area contributed by atoms with Crippen molar-refractivity contribution in [2.24, 2.45) is 0 Å². The molecule has 0 saturated heterocycles. The van der Waals surface area contributed by atoms with Gasteiger partial charge in [0.2, 0.25) is 5.91 Å². The van der Waals surface area contributed by atoms with Gasteiger partial charge in [-0.15, -0.1) is 0 Å². The van der Waals surface area contributed by atoms with Gasteiger partial charge in [-0.25, -0.2) is 9.37 Å². The van der Waals surface area contributed by atoms with Crippen molar-refractivity contribution in [3.63, 3.8) is 0 Å². The number of imidazole rings is 1. The Morgan fingerprint density at radius 3 is 2.73 bits per heavy atom. The molecule has 5 nitrogen and oxygen atoms in total. The van der Waals surface area contributed by atoms with Crippen molar-refractivity contribution in [3.8, 4) is 11.5 Å². The van der Waals surface area contributed by atoms with Gasteiger partial charge in [0.25, 0.3) is 0 Å². The van der Waals surface area contributed by atoms with E-state index >= 15 is 0 Å². The average molecular weight is 296 g/mol. The van der Waals surface area contributed by atoms with Crippen LogP contribution in [0.25, 0.3) is 11.5 Å². The second-order valence-corrected chi connectivity index (χ2v) is 4.68. The SMILES string of the molecule is O=C(Cc1ccccc1F)Nc1cnc(-c2ccccn2)[nH]1. The maximum Gasteiger partial charge on any atom is 0.230 e. The highest BCUT2D eigenvalue weighted by molar-refractivity contribution is 5.91. The van der Waals surface area contributed by atoms with Gasteiger partial charge in [0.05, 0.1) is 12.6 Å². The number of H-pyrrole nitrogens is 1. The lowest BCUT2D eigenvalue weighted by atomic mass is 10.1. The molecule has 1 amide bonds. The fourth-order valence-corrected chi connectivity index (χ4v) is 2.03. The quantitative estimate of drug-likeness (QED) is 0.777. The minimum Gasteiger partial charge on any atom is -0.323 e. The molecule has 2 aromatic heterocycles. The third-order valence-electron chi connectivity index (χ3n) is 3.07. The zero-order valence-corrected chi connectivity index (χ0v) is 11.6. The van der Waals surface area contributed by atoms with Crippen LogP contribution in [0.2, 0.25) is 0 Å². The summed E-state index contributed by atoms with van der Waals surface area (Å²) in [5.74, 6) is 0.293. The van der Waals surface area contributed by atoms with Gasteiger partial charge < -0.3 is 10.3 Å². The minimum atomic E-state index is -0.392. The Labute approximate surface area is 126 Å². The van der Waals surface area contributed by atoms with Crippen LogP contribution in [0, 0.1) is 5.82 Å². The summed E-state index contributed by atoms with van der Waals surface area (Å²) in [6.07, 6.45) is 3.13. The summed E-state index contributed by atoms with van der Waals surface area (Å²) in [6, 6.07) is 11.7. The first-order chi connectivity index (χ1) is 10.7. The van der Waals surface area contributed by atoms with Crippen molar-refractivity contribution in [2.45, 2.75) is 6.42 Å². The van der Waals surface area contributed by atoms with Gasteiger partial charge in [0, 0.05) is 6.20 Å². The van der Waals surface area contributed by atoms with Crippen LogP contribution < -0.4 is 5.32 Å². The van der Waals surface area contributed by atoms with Crippen molar-refractivity contribution in [1.82, 2.24) is 15.0 Å². The van der Waals surface area contributed by atoms with Gasteiger partial charge in [-0.2, -0.15) is 0 Å². The van der Waals surface area contributed by atoms with Gasteiger partial charge in [-0.05, 0) is 23.8 Å². The zero-order chi connectivity index (χ0) is 15.4. The molecule has 0 aliphatic rings. The van der Waals surface area contributed by atoms with Gasteiger partial charge in [0.15, 0.2) is 5.82 Å². The molecule has 0 atom stereocenters. The van der Waals surface area contributed by atoms with E-state index in [1.807, 2.05) is 18.2 Å². The fourth-order valence-electron chi connectivity index (χ4n) is 2.03. The molecule has 0 unspecified atom stereocenters. The third kappa shape index (κ3) is 3.17. The number of amides is 1. The predicted octanol–water partition coefficient (Wildman–Crippen LogP) is 2.79. The van der Waals surface area contributed by atoms with Gasteiger partial charge in [0.1, 0.15) is 17.3 Å². The first kappa shape index (κ1) is 13.9. The summed E-state index contributed by atoms with van der Waals surface area (Å²) in [4.78, 5) is 23.2. The summed E-state index contributed by atoms with van der Waals surface area (Å²) in [7, 11) is 0. The molecule has 3 aromatic rings. The lowest BCUT2D eigenvalue weighted by Gasteiger charge is -2.03. The Hall–Kier alpha value is -3.02. The summed E-state index contributed by atoms with van der Waals surface area (Å²) >= 11 is 0. The molecule has 0 saturated carbocycles. The smallest absolute Gasteiger partial charge is 0.230 e. The van der Waals surface area contributed by atoms with Crippen LogP contribution in [-0.4, -0.2) is 20.9 Å². The molecule has 2 heterocycles. The van der Waals surface area contributed by atoms with Crippen LogP contribution in [0.1, 0.15) is 5.56 Å². The molecule has 2 N–H and O–H groups in total. The van der Waals surface area contributed by atoms with Gasteiger partial charge in [-0.1, -0.05) is 24.3 Å². The fraction of sp³-hybridized carbons (Fsp3) is 0.0625. The molecule has 0 radical (unpaired) electrons. The molecule has 0 aliphatic carbocycles. The molecule has 3 rings (SSSR count). The number of carbonyl (C=O) groups is 1. The first-order valence-electron chi connectivity index (χ1n) is 6.72. The summed E-state index contributed by atoms with van der Waals surface area (Å²) in [5.41, 5.74) is 1.03. The Balaban J connectivity index is 1.68. The highest BCUT2D eigenvalue weighted by atomic mass is 19.1. The number of benzene rings is 1. The second-order valence-electron chi connectivity index (χ2n) is 4.68. The van der Waals surface area contributed by atoms with E-state index in [1.165, 1.54) is 12.3 Å². The van der Waals surface area contributed by atoms with Crippen molar-refractivity contribution in [1.29, 1.82) is 0 Å². The molecule has 0 spiro atoms. The van der Waals surface area contributed by atoms with Crippen molar-refractivity contribution in [3.05, 3.63) is 66.2 Å².